The third-order valence-electron chi connectivity index (χ3n) is 8.62. The van der Waals surface area contributed by atoms with Crippen LogP contribution in [0.1, 0.15) is 92.2 Å². The minimum atomic E-state index is -1.89. The van der Waals surface area contributed by atoms with Crippen LogP contribution in [0, 0.1) is 0 Å². The molecule has 0 fully saturated rings. The highest BCUT2D eigenvalue weighted by atomic mass is 28.4. The van der Waals surface area contributed by atoms with E-state index in [1.54, 1.807) is 20.8 Å². The van der Waals surface area contributed by atoms with Crippen LogP contribution in [0.2, 0.25) is 18.1 Å². The van der Waals surface area contributed by atoms with E-state index in [0.717, 1.165) is 41.5 Å². The minimum absolute atomic E-state index is 0.0853. The zero-order chi connectivity index (χ0) is 36.4. The Hall–Kier alpha value is -3.76. The van der Waals surface area contributed by atoms with E-state index < -0.39 is 20.0 Å². The summed E-state index contributed by atoms with van der Waals surface area (Å²) >= 11 is 0. The molecule has 0 unspecified atom stereocenters. The van der Waals surface area contributed by atoms with Crippen LogP contribution in [0.15, 0.2) is 53.0 Å². The first kappa shape index (κ1) is 39.7. The lowest BCUT2D eigenvalue weighted by Gasteiger charge is -2.36. The van der Waals surface area contributed by atoms with Gasteiger partial charge in [0, 0.05) is 37.3 Å². The van der Waals surface area contributed by atoms with Gasteiger partial charge in [-0.2, -0.15) is 0 Å². The molecule has 2 amide bonds. The molecule has 0 saturated heterocycles. The summed E-state index contributed by atoms with van der Waals surface area (Å²) in [5.74, 6) is 0.00865. The number of nitrogens with zero attached hydrogens (tertiary/aromatic N) is 2. The lowest BCUT2D eigenvalue weighted by molar-refractivity contribution is -0.142. The maximum Gasteiger partial charge on any atom is 0.413 e. The zero-order valence-electron chi connectivity index (χ0n) is 31.3. The van der Waals surface area contributed by atoms with Gasteiger partial charge < -0.3 is 18.8 Å². The van der Waals surface area contributed by atoms with E-state index >= 15 is 0 Å². The molecule has 10 heteroatoms. The summed E-state index contributed by atoms with van der Waals surface area (Å²) in [5.41, 5.74) is 3.98. The number of hydrogen-bond donors (Lipinski definition) is 1. The van der Waals surface area contributed by atoms with Gasteiger partial charge in [0.25, 0.3) is 0 Å². The second-order valence-electron chi connectivity index (χ2n) is 15.2. The molecule has 0 aromatic heterocycles. The Balaban J connectivity index is 1.89. The lowest BCUT2D eigenvalue weighted by atomic mass is 9.99. The number of rotatable bonds is 13. The largest absolute Gasteiger partial charge is 0.465 e. The van der Waals surface area contributed by atoms with Crippen molar-refractivity contribution in [2.75, 3.05) is 26.3 Å². The summed E-state index contributed by atoms with van der Waals surface area (Å²) < 4.78 is 17.1. The SMILES string of the molecule is CCCOC(=O)Cc1ccc(-c2ccc3c(c2)N=C(NC(=O)OC(C)(C)C)CC(C(=O)N(CCC)CCCO[Si](C)(C)C(C)(C)C)=C3)cc1. The minimum Gasteiger partial charge on any atom is -0.465 e. The summed E-state index contributed by atoms with van der Waals surface area (Å²) in [4.78, 5) is 45.8. The number of carbonyl (C=O) groups excluding carboxylic acids is 3. The van der Waals surface area contributed by atoms with Crippen molar-refractivity contribution < 1.29 is 28.3 Å². The average Bonchev–Trinajstić information content (AvgIpc) is 3.18. The summed E-state index contributed by atoms with van der Waals surface area (Å²) in [6, 6.07) is 13.7. The number of benzene rings is 2. The van der Waals surface area contributed by atoms with Crippen LogP contribution in [0.25, 0.3) is 17.2 Å². The predicted octanol–water partition coefficient (Wildman–Crippen LogP) is 8.84. The van der Waals surface area contributed by atoms with E-state index in [9.17, 15) is 14.4 Å². The second-order valence-corrected chi connectivity index (χ2v) is 20.0. The third-order valence-corrected chi connectivity index (χ3v) is 13.2. The molecule has 1 N–H and O–H groups in total. The van der Waals surface area contributed by atoms with E-state index in [4.69, 9.17) is 18.9 Å². The summed E-state index contributed by atoms with van der Waals surface area (Å²) in [6.07, 6.45) is 3.96. The van der Waals surface area contributed by atoms with Crippen LogP contribution in [0.4, 0.5) is 10.5 Å². The number of esters is 1. The van der Waals surface area contributed by atoms with E-state index in [1.165, 1.54) is 0 Å². The Morgan fingerprint density at radius 2 is 1.57 bits per heavy atom. The topological polar surface area (TPSA) is 107 Å². The fourth-order valence-electron chi connectivity index (χ4n) is 5.01. The normalized spacial score (nSPS) is 13.4. The number of amidine groups is 1. The molecule has 2 aromatic carbocycles. The van der Waals surface area contributed by atoms with E-state index in [0.29, 0.717) is 43.4 Å². The maximum absolute atomic E-state index is 14.1. The first-order valence-electron chi connectivity index (χ1n) is 17.5. The Bertz CT molecular complexity index is 1520. The molecule has 0 saturated carbocycles. The van der Waals surface area contributed by atoms with Crippen molar-refractivity contribution in [2.45, 2.75) is 111 Å². The summed E-state index contributed by atoms with van der Waals surface area (Å²) in [7, 11) is -1.89. The number of carbonyl (C=O) groups is 3. The smallest absolute Gasteiger partial charge is 0.413 e. The van der Waals surface area contributed by atoms with Crippen molar-refractivity contribution in [1.82, 2.24) is 10.2 Å². The van der Waals surface area contributed by atoms with E-state index in [1.807, 2.05) is 60.4 Å². The molecule has 0 bridgehead atoms. The number of alkyl carbamates (subject to hydrolysis) is 1. The molecule has 268 valence electrons. The highest BCUT2D eigenvalue weighted by Gasteiger charge is 2.37. The summed E-state index contributed by atoms with van der Waals surface area (Å²) in [5, 5.41) is 2.93. The van der Waals surface area contributed by atoms with Crippen LogP contribution in [-0.4, -0.2) is 68.9 Å². The van der Waals surface area contributed by atoms with Gasteiger partial charge in [-0.15, -0.1) is 0 Å². The predicted molar refractivity (Wildman–Crippen MR) is 201 cm³/mol. The molecule has 1 aliphatic heterocycles. The molecule has 3 rings (SSSR count). The Morgan fingerprint density at radius 3 is 2.18 bits per heavy atom. The molecule has 0 radical (unpaired) electrons. The Morgan fingerprint density at radius 1 is 0.898 bits per heavy atom. The van der Waals surface area contributed by atoms with Crippen molar-refractivity contribution in [1.29, 1.82) is 0 Å². The van der Waals surface area contributed by atoms with Gasteiger partial charge in [0.1, 0.15) is 11.4 Å². The van der Waals surface area contributed by atoms with Gasteiger partial charge in [-0.1, -0.05) is 71.0 Å². The van der Waals surface area contributed by atoms with Crippen LogP contribution in [-0.2, 0) is 29.9 Å². The van der Waals surface area contributed by atoms with Gasteiger partial charge in [-0.05, 0) is 87.0 Å². The van der Waals surface area contributed by atoms with Crippen LogP contribution in [0.3, 0.4) is 0 Å². The van der Waals surface area contributed by atoms with Gasteiger partial charge in [-0.3, -0.25) is 14.9 Å². The average molecular weight is 692 g/mol. The van der Waals surface area contributed by atoms with Crippen molar-refractivity contribution >= 4 is 43.9 Å². The quantitative estimate of drug-likeness (QED) is 0.128. The Kier molecular flexibility index (Phi) is 14.0. The summed E-state index contributed by atoms with van der Waals surface area (Å²) in [6.45, 7) is 22.8. The fourth-order valence-corrected chi connectivity index (χ4v) is 6.10. The first-order valence-corrected chi connectivity index (χ1v) is 20.4. The highest BCUT2D eigenvalue weighted by Crippen LogP contribution is 2.37. The molecule has 1 heterocycles. The number of hydrogen-bond acceptors (Lipinski definition) is 7. The van der Waals surface area contributed by atoms with E-state index in [-0.39, 0.29) is 29.8 Å². The zero-order valence-corrected chi connectivity index (χ0v) is 32.3. The fraction of sp³-hybridized carbons (Fsp3) is 0.538. The molecule has 0 aliphatic carbocycles. The second kappa shape index (κ2) is 17.3. The number of fused-ring (bicyclic) bond motifs is 1. The standard InChI is InChI=1S/C39H57N3O6Si/c1-11-20-42(21-13-23-47-49(9,10)39(6,7)8)36(44)32-25-31-19-18-30(29-16-14-28(15-17-29)24-35(43)46-22-12-2)26-33(31)40-34(27-32)41-37(45)48-38(3,4)5/h14-19,25-26H,11-13,20-24,27H2,1-10H3,(H,40,41,45). The maximum atomic E-state index is 14.1. The van der Waals surface area contributed by atoms with Crippen molar-refractivity contribution in [3.63, 3.8) is 0 Å². The molecule has 2 aromatic rings. The van der Waals surface area contributed by atoms with E-state index in [2.05, 4.69) is 46.1 Å². The molecule has 0 atom stereocenters. The highest BCUT2D eigenvalue weighted by molar-refractivity contribution is 6.74. The number of ether oxygens (including phenoxy) is 2. The number of aliphatic imine (C=N–C) groups is 1. The third kappa shape index (κ3) is 12.3. The molecule has 49 heavy (non-hydrogen) atoms. The van der Waals surface area contributed by atoms with Crippen molar-refractivity contribution in [2.24, 2.45) is 4.99 Å². The van der Waals surface area contributed by atoms with Crippen LogP contribution < -0.4 is 5.32 Å². The van der Waals surface area contributed by atoms with Crippen LogP contribution >= 0.6 is 0 Å². The molecule has 1 aliphatic rings. The van der Waals surface area contributed by atoms with Gasteiger partial charge in [0.15, 0.2) is 8.32 Å². The van der Waals surface area contributed by atoms with Crippen molar-refractivity contribution in [3.8, 4) is 11.1 Å². The first-order chi connectivity index (χ1) is 22.9. The molecule has 0 spiro atoms. The van der Waals surface area contributed by atoms with Gasteiger partial charge >= 0.3 is 12.1 Å². The molecular formula is C39H57N3O6Si. The number of nitrogens with one attached hydrogen (secondary N) is 1. The van der Waals surface area contributed by atoms with Gasteiger partial charge in [-0.25, -0.2) is 9.79 Å². The Labute approximate surface area is 294 Å². The number of amides is 2. The van der Waals surface area contributed by atoms with Gasteiger partial charge in [0.2, 0.25) is 5.91 Å². The van der Waals surface area contributed by atoms with Gasteiger partial charge in [0.05, 0.1) is 18.7 Å². The monoisotopic (exact) mass is 691 g/mol. The van der Waals surface area contributed by atoms with Crippen molar-refractivity contribution in [3.05, 3.63) is 59.2 Å². The molecule has 9 nitrogen and oxygen atoms in total. The molecular weight excluding hydrogens is 635 g/mol. The van der Waals surface area contributed by atoms with Crippen LogP contribution in [0.5, 0.6) is 0 Å². The lowest BCUT2D eigenvalue weighted by Crippen LogP contribution is -2.42.